The molecule has 5 nitrogen and oxygen atoms in total. The first kappa shape index (κ1) is 20.2. The van der Waals surface area contributed by atoms with Crippen molar-refractivity contribution in [3.63, 3.8) is 0 Å². The monoisotopic (exact) mass is 437 g/mol. The molecule has 1 aromatic carbocycles. The summed E-state index contributed by atoms with van der Waals surface area (Å²) in [6.07, 6.45) is 1.48. The van der Waals surface area contributed by atoms with Gasteiger partial charge >= 0.3 is 0 Å². The third-order valence-corrected chi connectivity index (χ3v) is 5.89. The molecule has 0 saturated heterocycles. The van der Waals surface area contributed by atoms with Crippen LogP contribution in [0.3, 0.4) is 0 Å². The fraction of sp³-hybridized carbons (Fsp3) is 0.130. The van der Waals surface area contributed by atoms with E-state index in [4.69, 9.17) is 16.0 Å². The largest absolute Gasteiger partial charge is 0.459 e. The number of furan rings is 1. The number of benzene rings is 1. The number of halogens is 1. The summed E-state index contributed by atoms with van der Waals surface area (Å²) < 4.78 is 5.23. The molecule has 4 rings (SSSR count). The second-order valence-electron chi connectivity index (χ2n) is 6.84. The predicted molar refractivity (Wildman–Crippen MR) is 122 cm³/mol. The van der Waals surface area contributed by atoms with E-state index in [0.29, 0.717) is 5.02 Å². The van der Waals surface area contributed by atoms with E-state index in [-0.39, 0.29) is 17.7 Å². The molecule has 7 heteroatoms. The lowest BCUT2D eigenvalue weighted by Crippen LogP contribution is -2.17. The number of nitrogens with one attached hydrogen (secondary N) is 2. The predicted octanol–water partition coefficient (Wildman–Crippen LogP) is 6.46. The minimum absolute atomic E-state index is 0.259. The molecule has 2 N–H and O–H groups in total. The highest BCUT2D eigenvalue weighted by Crippen LogP contribution is 2.39. The Kier molecular flexibility index (Phi) is 5.88. The van der Waals surface area contributed by atoms with E-state index in [1.54, 1.807) is 12.1 Å². The van der Waals surface area contributed by atoms with Gasteiger partial charge in [-0.15, -0.1) is 11.3 Å². The topological polar surface area (TPSA) is 67.2 Å². The lowest BCUT2D eigenvalue weighted by molar-refractivity contribution is 0.0997. The van der Waals surface area contributed by atoms with E-state index in [0.717, 1.165) is 32.5 Å². The molecule has 1 atom stereocenters. The molecule has 0 spiro atoms. The second-order valence-corrected chi connectivity index (χ2v) is 8.50. The lowest BCUT2D eigenvalue weighted by Gasteiger charge is -2.22. The lowest BCUT2D eigenvalue weighted by atomic mass is 9.99. The zero-order valence-corrected chi connectivity index (χ0v) is 18.1. The van der Waals surface area contributed by atoms with Crippen LogP contribution in [-0.2, 0) is 0 Å². The molecule has 0 saturated carbocycles. The van der Waals surface area contributed by atoms with Gasteiger partial charge in [0.05, 0.1) is 12.3 Å². The highest BCUT2D eigenvalue weighted by atomic mass is 35.5. The first-order valence-corrected chi connectivity index (χ1v) is 10.6. The summed E-state index contributed by atoms with van der Waals surface area (Å²) in [5.74, 6) is 0.691. The van der Waals surface area contributed by atoms with Crippen LogP contribution in [0.1, 0.15) is 38.3 Å². The number of carbonyl (C=O) groups excluding carboxylic acids is 1. The third kappa shape index (κ3) is 4.40. The van der Waals surface area contributed by atoms with E-state index < -0.39 is 0 Å². The van der Waals surface area contributed by atoms with Gasteiger partial charge in [-0.2, -0.15) is 0 Å². The van der Waals surface area contributed by atoms with Gasteiger partial charge in [0.25, 0.3) is 5.91 Å². The zero-order chi connectivity index (χ0) is 21.1. The van der Waals surface area contributed by atoms with Crippen LogP contribution in [0.15, 0.2) is 71.3 Å². The van der Waals surface area contributed by atoms with Crippen LogP contribution in [0.25, 0.3) is 0 Å². The average molecular weight is 438 g/mol. The van der Waals surface area contributed by atoms with Gasteiger partial charge in [-0.3, -0.25) is 4.79 Å². The average Bonchev–Trinajstić information content (AvgIpc) is 3.37. The summed E-state index contributed by atoms with van der Waals surface area (Å²) in [4.78, 5) is 18.3. The molecule has 0 aliphatic carbocycles. The molecule has 152 valence electrons. The van der Waals surface area contributed by atoms with Gasteiger partial charge < -0.3 is 15.1 Å². The van der Waals surface area contributed by atoms with Crippen molar-refractivity contribution in [2.24, 2.45) is 0 Å². The molecule has 30 heavy (non-hydrogen) atoms. The summed E-state index contributed by atoms with van der Waals surface area (Å²) in [6.45, 7) is 3.95. The first-order valence-electron chi connectivity index (χ1n) is 9.41. The molecule has 3 aromatic heterocycles. The van der Waals surface area contributed by atoms with E-state index in [9.17, 15) is 4.79 Å². The smallest absolute Gasteiger partial charge is 0.291 e. The Morgan fingerprint density at radius 3 is 2.63 bits per heavy atom. The second kappa shape index (κ2) is 8.73. The number of amides is 1. The number of nitrogens with zero attached hydrogens (tertiary/aromatic N) is 1. The molecule has 0 aliphatic heterocycles. The molecule has 0 radical (unpaired) electrons. The van der Waals surface area contributed by atoms with Gasteiger partial charge in [-0.25, -0.2) is 4.98 Å². The van der Waals surface area contributed by atoms with Gasteiger partial charge in [0, 0.05) is 21.2 Å². The zero-order valence-electron chi connectivity index (χ0n) is 16.5. The van der Waals surface area contributed by atoms with Crippen LogP contribution in [0, 0.1) is 13.8 Å². The third-order valence-electron chi connectivity index (χ3n) is 4.56. The molecule has 0 fully saturated rings. The summed E-state index contributed by atoms with van der Waals surface area (Å²) >= 11 is 8.06. The molecule has 4 aromatic rings. The Labute approximate surface area is 183 Å². The van der Waals surface area contributed by atoms with Crippen molar-refractivity contribution in [2.75, 3.05) is 10.6 Å². The van der Waals surface area contributed by atoms with Gasteiger partial charge in [-0.1, -0.05) is 35.9 Å². The number of rotatable bonds is 6. The number of aryl methyl sites for hydroxylation is 2. The minimum Gasteiger partial charge on any atom is -0.459 e. The van der Waals surface area contributed by atoms with Gasteiger partial charge in [0.15, 0.2) is 5.76 Å². The van der Waals surface area contributed by atoms with Crippen molar-refractivity contribution in [1.82, 2.24) is 4.98 Å². The van der Waals surface area contributed by atoms with Crippen molar-refractivity contribution >= 4 is 39.7 Å². The SMILES string of the molecule is Cc1cccc(N[C@@H](c2ccccc2Cl)c2cc(C)sc2NC(=O)c2ccco2)n1. The van der Waals surface area contributed by atoms with Gasteiger partial charge in [-0.05, 0) is 55.8 Å². The number of thiophene rings is 1. The fourth-order valence-electron chi connectivity index (χ4n) is 3.22. The van der Waals surface area contributed by atoms with Gasteiger partial charge in [0.2, 0.25) is 0 Å². The number of anilines is 2. The summed E-state index contributed by atoms with van der Waals surface area (Å²) in [6, 6.07) is 18.6. The molecular weight excluding hydrogens is 418 g/mol. The Morgan fingerprint density at radius 2 is 1.90 bits per heavy atom. The standard InChI is InChI=1S/C23H20ClN3O2S/c1-14-7-5-11-20(25-14)26-21(16-8-3-4-9-18(16)24)17-13-15(2)30-23(17)27-22(28)19-10-6-12-29-19/h3-13,21H,1-2H3,(H,25,26)(H,27,28)/t21-/m0/s1. The van der Waals surface area contributed by atoms with Crippen LogP contribution in [0.4, 0.5) is 10.8 Å². The fourth-order valence-corrected chi connectivity index (χ4v) is 4.41. The maximum atomic E-state index is 12.6. The summed E-state index contributed by atoms with van der Waals surface area (Å²) in [7, 11) is 0. The quantitative estimate of drug-likeness (QED) is 0.363. The Morgan fingerprint density at radius 1 is 1.07 bits per heavy atom. The molecule has 0 unspecified atom stereocenters. The highest BCUT2D eigenvalue weighted by Gasteiger charge is 2.24. The van der Waals surface area contributed by atoms with E-state index in [1.165, 1.54) is 17.6 Å². The van der Waals surface area contributed by atoms with Crippen molar-refractivity contribution in [3.05, 3.63) is 99.4 Å². The van der Waals surface area contributed by atoms with Crippen LogP contribution in [0.5, 0.6) is 0 Å². The maximum Gasteiger partial charge on any atom is 0.291 e. The van der Waals surface area contributed by atoms with Crippen LogP contribution in [-0.4, -0.2) is 10.9 Å². The number of aromatic nitrogens is 1. The first-order chi connectivity index (χ1) is 14.5. The van der Waals surface area contributed by atoms with Gasteiger partial charge in [0.1, 0.15) is 10.8 Å². The number of carbonyl (C=O) groups is 1. The van der Waals surface area contributed by atoms with Crippen molar-refractivity contribution in [3.8, 4) is 0 Å². The van der Waals surface area contributed by atoms with Crippen LogP contribution < -0.4 is 10.6 Å². The Balaban J connectivity index is 1.75. The number of pyridine rings is 1. The number of hydrogen-bond acceptors (Lipinski definition) is 5. The Bertz CT molecular complexity index is 1170. The van der Waals surface area contributed by atoms with Crippen molar-refractivity contribution in [2.45, 2.75) is 19.9 Å². The Hall–Kier alpha value is -3.09. The molecular formula is C23H20ClN3O2S. The number of hydrogen-bond donors (Lipinski definition) is 2. The van der Waals surface area contributed by atoms with Crippen molar-refractivity contribution in [1.29, 1.82) is 0 Å². The van der Waals surface area contributed by atoms with Crippen LogP contribution >= 0.6 is 22.9 Å². The van der Waals surface area contributed by atoms with Crippen LogP contribution in [0.2, 0.25) is 5.02 Å². The summed E-state index contributed by atoms with van der Waals surface area (Å²) in [5, 5.41) is 7.84. The molecule has 1 amide bonds. The normalized spacial score (nSPS) is 11.8. The van der Waals surface area contributed by atoms with E-state index in [2.05, 4.69) is 21.7 Å². The van der Waals surface area contributed by atoms with Crippen molar-refractivity contribution < 1.29 is 9.21 Å². The highest BCUT2D eigenvalue weighted by molar-refractivity contribution is 7.16. The summed E-state index contributed by atoms with van der Waals surface area (Å²) in [5.41, 5.74) is 2.72. The molecule has 0 bridgehead atoms. The maximum absolute atomic E-state index is 12.6. The molecule has 0 aliphatic rings. The van der Waals surface area contributed by atoms with E-state index >= 15 is 0 Å². The minimum atomic E-state index is -0.301. The molecule has 3 heterocycles. The van der Waals surface area contributed by atoms with E-state index in [1.807, 2.05) is 56.3 Å².